The molecule has 0 atom stereocenters. The highest BCUT2D eigenvalue weighted by molar-refractivity contribution is 6.03. The molecule has 0 bridgehead atoms. The lowest BCUT2D eigenvalue weighted by atomic mass is 10.0. The number of hydrogen-bond donors (Lipinski definition) is 1. The molecule has 0 spiro atoms. The minimum atomic E-state index is -0.270. The Hall–Kier alpha value is -3.01. The molecule has 0 fully saturated rings. The Labute approximate surface area is 128 Å². The van der Waals surface area contributed by atoms with E-state index in [1.165, 1.54) is 11.6 Å². The van der Waals surface area contributed by atoms with E-state index in [9.17, 15) is 4.79 Å². The second-order valence-electron chi connectivity index (χ2n) is 4.94. The maximum atomic E-state index is 11.9. The van der Waals surface area contributed by atoms with Gasteiger partial charge in [0.15, 0.2) is 0 Å². The van der Waals surface area contributed by atoms with Gasteiger partial charge in [-0.25, -0.2) is 5.43 Å². The lowest BCUT2D eigenvalue weighted by molar-refractivity contribution is 0.0954. The molecule has 1 aromatic heterocycles. The fraction of sp³-hybridized carbons (Fsp3) is 0.0556. The minimum Gasteiger partial charge on any atom is -0.267 e. The first-order chi connectivity index (χ1) is 10.7. The van der Waals surface area contributed by atoms with Gasteiger partial charge in [-0.2, -0.15) is 5.10 Å². The topological polar surface area (TPSA) is 54.4 Å². The van der Waals surface area contributed by atoms with Crippen molar-refractivity contribution in [1.82, 2.24) is 10.4 Å². The highest BCUT2D eigenvalue weighted by Crippen LogP contribution is 2.16. The summed E-state index contributed by atoms with van der Waals surface area (Å²) in [4.78, 5) is 15.9. The van der Waals surface area contributed by atoms with Crippen molar-refractivity contribution >= 4 is 22.4 Å². The van der Waals surface area contributed by atoms with Crippen molar-refractivity contribution in [2.24, 2.45) is 5.10 Å². The van der Waals surface area contributed by atoms with E-state index in [-0.39, 0.29) is 5.91 Å². The van der Waals surface area contributed by atoms with Gasteiger partial charge in [-0.15, -0.1) is 0 Å². The largest absolute Gasteiger partial charge is 0.272 e. The average molecular weight is 289 g/mol. The third-order valence-corrected chi connectivity index (χ3v) is 3.42. The summed E-state index contributed by atoms with van der Waals surface area (Å²) < 4.78 is 0. The predicted octanol–water partition coefficient (Wildman–Crippen LogP) is 3.39. The van der Waals surface area contributed by atoms with Gasteiger partial charge in [-0.3, -0.25) is 9.78 Å². The lowest BCUT2D eigenvalue weighted by Gasteiger charge is -2.04. The first-order valence-corrected chi connectivity index (χ1v) is 6.98. The van der Waals surface area contributed by atoms with Crippen LogP contribution in [0, 0.1) is 0 Å². The molecule has 1 N–H and O–H groups in total. The van der Waals surface area contributed by atoms with Crippen LogP contribution in [0.15, 0.2) is 72.1 Å². The van der Waals surface area contributed by atoms with Gasteiger partial charge < -0.3 is 0 Å². The van der Waals surface area contributed by atoms with Crippen molar-refractivity contribution in [2.45, 2.75) is 6.92 Å². The number of pyridine rings is 1. The van der Waals surface area contributed by atoms with E-state index in [0.717, 1.165) is 16.7 Å². The van der Waals surface area contributed by atoms with Gasteiger partial charge in [0, 0.05) is 12.4 Å². The van der Waals surface area contributed by atoms with Crippen LogP contribution in [0.2, 0.25) is 0 Å². The van der Waals surface area contributed by atoms with Gasteiger partial charge in [-0.05, 0) is 41.5 Å². The molecule has 2 aromatic carbocycles. The number of aromatic nitrogens is 1. The summed E-state index contributed by atoms with van der Waals surface area (Å²) in [5.41, 5.74) is 4.77. The molecule has 3 aromatic rings. The number of benzene rings is 2. The molecular formula is C18H15N3O. The summed E-state index contributed by atoms with van der Waals surface area (Å²) in [5.74, 6) is -0.270. The number of carbonyl (C=O) groups is 1. The van der Waals surface area contributed by atoms with Gasteiger partial charge >= 0.3 is 0 Å². The standard InChI is InChI=1S/C18H15N3O/c1-13(20-21-18(22)17-7-4-10-19-12-17)15-9-8-14-5-2-3-6-16(14)11-15/h2-12H,1H3,(H,21,22). The molecular weight excluding hydrogens is 274 g/mol. The van der Waals surface area contributed by atoms with Crippen LogP contribution in [-0.4, -0.2) is 16.6 Å². The van der Waals surface area contributed by atoms with Crippen LogP contribution in [0.5, 0.6) is 0 Å². The molecule has 0 aliphatic rings. The molecule has 4 heteroatoms. The zero-order valence-electron chi connectivity index (χ0n) is 12.2. The smallest absolute Gasteiger partial charge is 0.267 e. The van der Waals surface area contributed by atoms with Gasteiger partial charge in [0.1, 0.15) is 0 Å². The molecule has 3 rings (SSSR count). The molecule has 22 heavy (non-hydrogen) atoms. The number of carbonyl (C=O) groups excluding carboxylic acids is 1. The van der Waals surface area contributed by atoms with Crippen LogP contribution in [0.3, 0.4) is 0 Å². The Kier molecular flexibility index (Phi) is 3.92. The molecule has 0 unspecified atom stereocenters. The molecule has 1 heterocycles. The molecule has 0 saturated heterocycles. The van der Waals surface area contributed by atoms with E-state index in [2.05, 4.69) is 33.7 Å². The molecule has 4 nitrogen and oxygen atoms in total. The summed E-state index contributed by atoms with van der Waals surface area (Å²) in [6.07, 6.45) is 3.14. The molecule has 108 valence electrons. The van der Waals surface area contributed by atoms with Crippen LogP contribution < -0.4 is 5.43 Å². The first-order valence-electron chi connectivity index (χ1n) is 6.98. The summed E-state index contributed by atoms with van der Waals surface area (Å²) in [6, 6.07) is 17.7. The van der Waals surface area contributed by atoms with Gasteiger partial charge in [-0.1, -0.05) is 36.4 Å². The normalized spacial score (nSPS) is 11.4. The fourth-order valence-corrected chi connectivity index (χ4v) is 2.18. The fourth-order valence-electron chi connectivity index (χ4n) is 2.18. The number of rotatable bonds is 3. The Morgan fingerprint density at radius 1 is 1.00 bits per heavy atom. The number of amides is 1. The van der Waals surface area contributed by atoms with Crippen molar-refractivity contribution in [2.75, 3.05) is 0 Å². The maximum Gasteiger partial charge on any atom is 0.272 e. The number of nitrogens with zero attached hydrogens (tertiary/aromatic N) is 2. The van der Waals surface area contributed by atoms with Crippen LogP contribution in [0.1, 0.15) is 22.8 Å². The number of hydrogen-bond acceptors (Lipinski definition) is 3. The average Bonchev–Trinajstić information content (AvgIpc) is 2.59. The van der Waals surface area contributed by atoms with E-state index in [1.807, 2.05) is 31.2 Å². The van der Waals surface area contributed by atoms with Gasteiger partial charge in [0.2, 0.25) is 0 Å². The summed E-state index contributed by atoms with van der Waals surface area (Å²) >= 11 is 0. The molecule has 0 saturated carbocycles. The van der Waals surface area contributed by atoms with Crippen molar-refractivity contribution in [3.8, 4) is 0 Å². The monoisotopic (exact) mass is 289 g/mol. The van der Waals surface area contributed by atoms with Crippen LogP contribution in [-0.2, 0) is 0 Å². The second-order valence-corrected chi connectivity index (χ2v) is 4.94. The van der Waals surface area contributed by atoms with Crippen molar-refractivity contribution in [3.63, 3.8) is 0 Å². The van der Waals surface area contributed by atoms with Crippen LogP contribution in [0.25, 0.3) is 10.8 Å². The summed E-state index contributed by atoms with van der Waals surface area (Å²) in [6.45, 7) is 1.87. The highest BCUT2D eigenvalue weighted by atomic mass is 16.2. The second kappa shape index (κ2) is 6.18. The zero-order chi connectivity index (χ0) is 15.4. The molecule has 0 aliphatic carbocycles. The van der Waals surface area contributed by atoms with Gasteiger partial charge in [0.05, 0.1) is 11.3 Å². The molecule has 1 amide bonds. The van der Waals surface area contributed by atoms with E-state index < -0.39 is 0 Å². The van der Waals surface area contributed by atoms with E-state index in [4.69, 9.17) is 0 Å². The third-order valence-electron chi connectivity index (χ3n) is 3.42. The predicted molar refractivity (Wildman–Crippen MR) is 87.9 cm³/mol. The third kappa shape index (κ3) is 3.01. The summed E-state index contributed by atoms with van der Waals surface area (Å²) in [5, 5.41) is 6.49. The highest BCUT2D eigenvalue weighted by Gasteiger charge is 2.04. The molecule has 0 aliphatic heterocycles. The Bertz CT molecular complexity index is 841. The first kappa shape index (κ1) is 13.9. The minimum absolute atomic E-state index is 0.270. The molecule has 0 radical (unpaired) electrons. The maximum absolute atomic E-state index is 11.9. The number of hydrazone groups is 1. The Balaban J connectivity index is 1.80. The Morgan fingerprint density at radius 2 is 1.82 bits per heavy atom. The number of fused-ring (bicyclic) bond motifs is 1. The van der Waals surface area contributed by atoms with E-state index in [1.54, 1.807) is 18.3 Å². The summed E-state index contributed by atoms with van der Waals surface area (Å²) in [7, 11) is 0. The Morgan fingerprint density at radius 3 is 2.59 bits per heavy atom. The van der Waals surface area contributed by atoms with E-state index in [0.29, 0.717) is 5.56 Å². The van der Waals surface area contributed by atoms with Crippen molar-refractivity contribution in [1.29, 1.82) is 0 Å². The van der Waals surface area contributed by atoms with Gasteiger partial charge in [0.25, 0.3) is 5.91 Å². The quantitative estimate of drug-likeness (QED) is 0.593. The zero-order valence-corrected chi connectivity index (χ0v) is 12.2. The lowest BCUT2D eigenvalue weighted by Crippen LogP contribution is -2.19. The van der Waals surface area contributed by atoms with Crippen molar-refractivity contribution < 1.29 is 4.79 Å². The number of nitrogens with one attached hydrogen (secondary N) is 1. The van der Waals surface area contributed by atoms with E-state index >= 15 is 0 Å². The van der Waals surface area contributed by atoms with Crippen LogP contribution in [0.4, 0.5) is 0 Å². The van der Waals surface area contributed by atoms with Crippen molar-refractivity contribution in [3.05, 3.63) is 78.1 Å². The SMILES string of the molecule is CC(=NNC(=O)c1cccnc1)c1ccc2ccccc2c1. The van der Waals surface area contributed by atoms with Crippen LogP contribution >= 0.6 is 0 Å².